The second-order valence-electron chi connectivity index (χ2n) is 9.56. The molecule has 0 unspecified atom stereocenters. The number of likely N-dealkylation sites (N-methyl/N-ethyl adjacent to an activating group) is 1. The van der Waals surface area contributed by atoms with Crippen LogP contribution in [0.3, 0.4) is 0 Å². The number of carbonyl (C=O) groups is 2. The van der Waals surface area contributed by atoms with Gasteiger partial charge in [0, 0.05) is 25.7 Å². The zero-order chi connectivity index (χ0) is 27.5. The van der Waals surface area contributed by atoms with Crippen LogP contribution < -0.4 is 20.3 Å². The third-order valence-electron chi connectivity index (χ3n) is 5.37. The SMILES string of the molecule is CCN(CCNC(=O)c1cc(=O)c(OCc2ccccc2)cn1OCc1ccccc1)C(=O)OC(C)(C)C. The van der Waals surface area contributed by atoms with Gasteiger partial charge < -0.3 is 24.5 Å². The Morgan fingerprint density at radius 1 is 0.947 bits per heavy atom. The van der Waals surface area contributed by atoms with Gasteiger partial charge in [-0.25, -0.2) is 4.79 Å². The maximum Gasteiger partial charge on any atom is 0.410 e. The highest BCUT2D eigenvalue weighted by Crippen LogP contribution is 2.12. The summed E-state index contributed by atoms with van der Waals surface area (Å²) in [5.41, 5.74) is 0.730. The lowest BCUT2D eigenvalue weighted by atomic mass is 10.2. The zero-order valence-corrected chi connectivity index (χ0v) is 22.3. The normalized spacial score (nSPS) is 10.9. The van der Waals surface area contributed by atoms with E-state index in [1.54, 1.807) is 20.8 Å². The Morgan fingerprint density at radius 3 is 2.13 bits per heavy atom. The molecule has 0 spiro atoms. The average molecular weight is 522 g/mol. The monoisotopic (exact) mass is 521 g/mol. The van der Waals surface area contributed by atoms with E-state index in [0.717, 1.165) is 11.1 Å². The summed E-state index contributed by atoms with van der Waals surface area (Å²) < 4.78 is 12.4. The van der Waals surface area contributed by atoms with Crippen molar-refractivity contribution in [3.8, 4) is 5.75 Å². The fraction of sp³-hybridized carbons (Fsp3) is 0.345. The van der Waals surface area contributed by atoms with E-state index in [1.807, 2.05) is 67.6 Å². The molecule has 202 valence electrons. The molecule has 1 N–H and O–H groups in total. The van der Waals surface area contributed by atoms with E-state index < -0.39 is 23.0 Å². The van der Waals surface area contributed by atoms with E-state index in [2.05, 4.69) is 5.32 Å². The molecule has 0 saturated carbocycles. The number of benzene rings is 2. The van der Waals surface area contributed by atoms with Crippen molar-refractivity contribution in [3.63, 3.8) is 0 Å². The number of rotatable bonds is 11. The minimum Gasteiger partial charge on any atom is -0.483 e. The predicted octanol–water partition coefficient (Wildman–Crippen LogP) is 4.04. The van der Waals surface area contributed by atoms with Crippen LogP contribution in [-0.2, 0) is 18.0 Å². The maximum absolute atomic E-state index is 13.1. The van der Waals surface area contributed by atoms with Crippen molar-refractivity contribution < 1.29 is 23.9 Å². The number of nitrogens with zero attached hydrogens (tertiary/aromatic N) is 2. The zero-order valence-electron chi connectivity index (χ0n) is 22.3. The molecule has 0 aliphatic heterocycles. The van der Waals surface area contributed by atoms with Gasteiger partial charge in [0.1, 0.15) is 24.5 Å². The van der Waals surface area contributed by atoms with Gasteiger partial charge in [0.05, 0.1) is 6.20 Å². The molecule has 0 radical (unpaired) electrons. The fourth-order valence-electron chi connectivity index (χ4n) is 3.43. The molecule has 38 heavy (non-hydrogen) atoms. The molecule has 2 amide bonds. The topological polar surface area (TPSA) is 99.1 Å². The molecular formula is C29H35N3O6. The lowest BCUT2D eigenvalue weighted by Crippen LogP contribution is -2.42. The summed E-state index contributed by atoms with van der Waals surface area (Å²) in [6.07, 6.45) is 0.916. The number of ether oxygens (including phenoxy) is 2. The molecular weight excluding hydrogens is 486 g/mol. The van der Waals surface area contributed by atoms with Crippen molar-refractivity contribution in [2.75, 3.05) is 19.6 Å². The molecule has 0 atom stereocenters. The third-order valence-corrected chi connectivity index (χ3v) is 5.37. The van der Waals surface area contributed by atoms with Gasteiger partial charge in [0.2, 0.25) is 5.43 Å². The number of hydrogen-bond acceptors (Lipinski definition) is 6. The molecule has 0 saturated heterocycles. The molecule has 0 bridgehead atoms. The summed E-state index contributed by atoms with van der Waals surface area (Å²) in [4.78, 5) is 45.6. The summed E-state index contributed by atoms with van der Waals surface area (Å²) >= 11 is 0. The average Bonchev–Trinajstić information content (AvgIpc) is 2.89. The van der Waals surface area contributed by atoms with Gasteiger partial charge in [-0.2, -0.15) is 4.73 Å². The first-order valence-electron chi connectivity index (χ1n) is 12.5. The lowest BCUT2D eigenvalue weighted by molar-refractivity contribution is 0.0260. The Morgan fingerprint density at radius 2 is 1.55 bits per heavy atom. The molecule has 9 heteroatoms. The quantitative estimate of drug-likeness (QED) is 0.409. The summed E-state index contributed by atoms with van der Waals surface area (Å²) in [6, 6.07) is 20.1. The molecule has 1 heterocycles. The van der Waals surface area contributed by atoms with E-state index in [1.165, 1.54) is 21.9 Å². The van der Waals surface area contributed by atoms with Crippen molar-refractivity contribution in [3.05, 3.63) is 100.0 Å². The number of pyridine rings is 1. The minimum atomic E-state index is -0.621. The number of nitrogens with one attached hydrogen (secondary N) is 1. The first-order valence-corrected chi connectivity index (χ1v) is 12.5. The van der Waals surface area contributed by atoms with Crippen LogP contribution in [0.15, 0.2) is 77.7 Å². The Balaban J connectivity index is 1.73. The Labute approximate surface area is 222 Å². The smallest absolute Gasteiger partial charge is 0.410 e. The molecule has 3 aromatic rings. The van der Waals surface area contributed by atoms with Gasteiger partial charge in [-0.15, -0.1) is 0 Å². The highest BCUT2D eigenvalue weighted by molar-refractivity contribution is 5.92. The number of aromatic nitrogens is 1. The molecule has 1 aromatic heterocycles. The summed E-state index contributed by atoms with van der Waals surface area (Å²) in [5.74, 6) is -0.467. The first-order chi connectivity index (χ1) is 18.2. The van der Waals surface area contributed by atoms with Crippen LogP contribution in [0, 0.1) is 0 Å². The number of amides is 2. The van der Waals surface area contributed by atoms with Gasteiger partial charge in [-0.3, -0.25) is 9.59 Å². The van der Waals surface area contributed by atoms with Crippen LogP contribution in [-0.4, -0.2) is 46.9 Å². The van der Waals surface area contributed by atoms with Crippen LogP contribution in [0.25, 0.3) is 0 Å². The van der Waals surface area contributed by atoms with Crippen LogP contribution >= 0.6 is 0 Å². The van der Waals surface area contributed by atoms with Gasteiger partial charge >= 0.3 is 6.09 Å². The Bertz CT molecular complexity index is 1250. The van der Waals surface area contributed by atoms with Gasteiger partial charge in [0.25, 0.3) is 5.91 Å². The van der Waals surface area contributed by atoms with Crippen LogP contribution in [0.5, 0.6) is 5.75 Å². The van der Waals surface area contributed by atoms with Crippen LogP contribution in [0.2, 0.25) is 0 Å². The molecule has 9 nitrogen and oxygen atoms in total. The van der Waals surface area contributed by atoms with E-state index >= 15 is 0 Å². The van der Waals surface area contributed by atoms with Crippen molar-refractivity contribution >= 4 is 12.0 Å². The highest BCUT2D eigenvalue weighted by atomic mass is 16.7. The van der Waals surface area contributed by atoms with E-state index in [4.69, 9.17) is 14.3 Å². The van der Waals surface area contributed by atoms with Crippen LogP contribution in [0.4, 0.5) is 4.79 Å². The molecule has 0 aliphatic rings. The van der Waals surface area contributed by atoms with Crippen molar-refractivity contribution in [1.82, 2.24) is 14.9 Å². The molecule has 0 aliphatic carbocycles. The van der Waals surface area contributed by atoms with E-state index in [0.29, 0.717) is 6.54 Å². The standard InChI is InChI=1S/C29H35N3O6/c1-5-31(28(35)38-29(2,3)4)17-16-30-27(34)24-18-25(33)26(36-20-22-12-8-6-9-13-22)19-32(24)37-21-23-14-10-7-11-15-23/h6-15,18-19H,5,16-17,20-21H2,1-4H3,(H,30,34). The molecule has 0 fully saturated rings. The molecule has 2 aromatic carbocycles. The van der Waals surface area contributed by atoms with E-state index in [9.17, 15) is 14.4 Å². The van der Waals surface area contributed by atoms with Crippen LogP contribution in [0.1, 0.15) is 49.3 Å². The number of carbonyl (C=O) groups excluding carboxylic acids is 2. The summed E-state index contributed by atoms with van der Waals surface area (Å²) in [5, 5.41) is 2.76. The second kappa shape index (κ2) is 13.3. The Hall–Kier alpha value is -4.27. The molecule has 3 rings (SSSR count). The van der Waals surface area contributed by atoms with Gasteiger partial charge in [0.15, 0.2) is 5.75 Å². The third kappa shape index (κ3) is 8.69. The predicted molar refractivity (Wildman–Crippen MR) is 144 cm³/mol. The minimum absolute atomic E-state index is 0.0123. The van der Waals surface area contributed by atoms with Crippen molar-refractivity contribution in [2.45, 2.75) is 46.5 Å². The van der Waals surface area contributed by atoms with Gasteiger partial charge in [-0.1, -0.05) is 60.7 Å². The largest absolute Gasteiger partial charge is 0.483 e. The first kappa shape index (κ1) is 28.3. The number of hydrogen-bond donors (Lipinski definition) is 1. The highest BCUT2D eigenvalue weighted by Gasteiger charge is 2.22. The lowest BCUT2D eigenvalue weighted by Gasteiger charge is -2.26. The van der Waals surface area contributed by atoms with E-state index in [-0.39, 0.29) is 37.7 Å². The summed E-state index contributed by atoms with van der Waals surface area (Å²) in [7, 11) is 0. The Kier molecular flexibility index (Phi) is 9.92. The van der Waals surface area contributed by atoms with Crippen molar-refractivity contribution in [1.29, 1.82) is 0 Å². The van der Waals surface area contributed by atoms with Gasteiger partial charge in [-0.05, 0) is 38.8 Å². The fourth-order valence-corrected chi connectivity index (χ4v) is 3.43. The second-order valence-corrected chi connectivity index (χ2v) is 9.56. The maximum atomic E-state index is 13.1. The van der Waals surface area contributed by atoms with Crippen molar-refractivity contribution in [2.24, 2.45) is 0 Å². The summed E-state index contributed by atoms with van der Waals surface area (Å²) in [6.45, 7) is 8.39.